The van der Waals surface area contributed by atoms with E-state index >= 15 is 0 Å². The van der Waals surface area contributed by atoms with Crippen molar-refractivity contribution in [1.29, 1.82) is 0 Å². The van der Waals surface area contributed by atoms with E-state index in [1.165, 1.54) is 4.31 Å². The van der Waals surface area contributed by atoms with E-state index in [0.717, 1.165) is 23.8 Å². The van der Waals surface area contributed by atoms with E-state index in [1.807, 2.05) is 37.3 Å². The summed E-state index contributed by atoms with van der Waals surface area (Å²) in [6.45, 7) is 2.19. The normalized spacial score (nSPS) is 12.2. The SMILES string of the molecule is CCC(NC(=O)c1ccc(N(Cc2ccc(Cl)cc2)S(C)(=O)=O)cc1)c1ccccc1. The zero-order valence-electron chi connectivity index (χ0n) is 17.5. The highest BCUT2D eigenvalue weighted by atomic mass is 35.5. The van der Waals surface area contributed by atoms with Crippen LogP contribution in [0.2, 0.25) is 5.02 Å². The Kier molecular flexibility index (Phi) is 7.36. The quantitative estimate of drug-likeness (QED) is 0.507. The molecule has 0 aliphatic carbocycles. The van der Waals surface area contributed by atoms with Crippen LogP contribution in [0.15, 0.2) is 78.9 Å². The highest BCUT2D eigenvalue weighted by Gasteiger charge is 2.19. The highest BCUT2D eigenvalue weighted by molar-refractivity contribution is 7.92. The Morgan fingerprint density at radius 2 is 1.58 bits per heavy atom. The fraction of sp³-hybridized carbons (Fsp3) is 0.208. The third kappa shape index (κ3) is 6.09. The molecular formula is C24H25ClN2O3S. The van der Waals surface area contributed by atoms with E-state index in [4.69, 9.17) is 11.6 Å². The van der Waals surface area contributed by atoms with Gasteiger partial charge in [-0.05, 0) is 53.9 Å². The first-order valence-corrected chi connectivity index (χ1v) is 12.2. The average molecular weight is 457 g/mol. The Morgan fingerprint density at radius 1 is 0.968 bits per heavy atom. The summed E-state index contributed by atoms with van der Waals surface area (Å²) < 4.78 is 26.1. The van der Waals surface area contributed by atoms with Crippen LogP contribution in [0.5, 0.6) is 0 Å². The molecule has 0 aliphatic heterocycles. The summed E-state index contributed by atoms with van der Waals surface area (Å²) in [5.41, 5.74) is 2.81. The minimum atomic E-state index is -3.52. The first-order chi connectivity index (χ1) is 14.8. The van der Waals surface area contributed by atoms with E-state index in [9.17, 15) is 13.2 Å². The lowest BCUT2D eigenvalue weighted by Gasteiger charge is -2.23. The van der Waals surface area contributed by atoms with Crippen molar-refractivity contribution in [2.45, 2.75) is 25.9 Å². The molecule has 0 saturated heterocycles. The molecular weight excluding hydrogens is 432 g/mol. The van der Waals surface area contributed by atoms with E-state index in [1.54, 1.807) is 48.5 Å². The maximum Gasteiger partial charge on any atom is 0.251 e. The standard InChI is InChI=1S/C24H25ClN2O3S/c1-3-23(19-7-5-4-6-8-19)26-24(28)20-11-15-22(16-12-20)27(31(2,29)30)17-18-9-13-21(25)14-10-18/h4-16,23H,3,17H2,1-2H3,(H,26,28). The van der Waals surface area contributed by atoms with Crippen LogP contribution in [0.25, 0.3) is 0 Å². The molecule has 0 saturated carbocycles. The third-order valence-corrected chi connectivity index (χ3v) is 6.37. The molecule has 31 heavy (non-hydrogen) atoms. The summed E-state index contributed by atoms with van der Waals surface area (Å²) in [5.74, 6) is -0.203. The molecule has 5 nitrogen and oxygen atoms in total. The van der Waals surface area contributed by atoms with Gasteiger partial charge in [-0.2, -0.15) is 0 Å². The van der Waals surface area contributed by atoms with Crippen molar-refractivity contribution in [2.75, 3.05) is 10.6 Å². The van der Waals surface area contributed by atoms with Gasteiger partial charge >= 0.3 is 0 Å². The van der Waals surface area contributed by atoms with Gasteiger partial charge in [0.05, 0.1) is 24.5 Å². The molecule has 0 radical (unpaired) electrons. The number of hydrogen-bond donors (Lipinski definition) is 1. The van der Waals surface area contributed by atoms with Crippen molar-refractivity contribution >= 4 is 33.2 Å². The highest BCUT2D eigenvalue weighted by Crippen LogP contribution is 2.23. The molecule has 0 spiro atoms. The summed E-state index contributed by atoms with van der Waals surface area (Å²) in [5, 5.41) is 3.63. The zero-order valence-corrected chi connectivity index (χ0v) is 19.0. The first-order valence-electron chi connectivity index (χ1n) is 9.96. The fourth-order valence-electron chi connectivity index (χ4n) is 3.28. The summed E-state index contributed by atoms with van der Waals surface area (Å²) in [4.78, 5) is 12.7. The Balaban J connectivity index is 1.77. The lowest BCUT2D eigenvalue weighted by molar-refractivity contribution is 0.0935. The molecule has 3 rings (SSSR count). The van der Waals surface area contributed by atoms with Gasteiger partial charge in [-0.3, -0.25) is 9.10 Å². The van der Waals surface area contributed by atoms with Crippen molar-refractivity contribution in [1.82, 2.24) is 5.32 Å². The first kappa shape index (κ1) is 22.8. The molecule has 3 aromatic carbocycles. The number of rotatable bonds is 8. The Hall–Kier alpha value is -2.83. The number of benzene rings is 3. The van der Waals surface area contributed by atoms with Crippen molar-refractivity contribution in [3.05, 3.63) is 101 Å². The summed E-state index contributed by atoms with van der Waals surface area (Å²) in [6.07, 6.45) is 1.92. The van der Waals surface area contributed by atoms with Gasteiger partial charge in [-0.15, -0.1) is 0 Å². The van der Waals surface area contributed by atoms with Gasteiger partial charge in [0.2, 0.25) is 10.0 Å². The molecule has 1 N–H and O–H groups in total. The minimum Gasteiger partial charge on any atom is -0.345 e. The lowest BCUT2D eigenvalue weighted by Crippen LogP contribution is -2.30. The maximum atomic E-state index is 12.7. The Bertz CT molecular complexity index is 1120. The Morgan fingerprint density at radius 3 is 2.13 bits per heavy atom. The van der Waals surface area contributed by atoms with E-state index in [-0.39, 0.29) is 18.5 Å². The van der Waals surface area contributed by atoms with Gasteiger partial charge < -0.3 is 5.32 Å². The molecule has 7 heteroatoms. The van der Waals surface area contributed by atoms with Crippen LogP contribution in [0.1, 0.15) is 40.9 Å². The summed E-state index contributed by atoms with van der Waals surface area (Å²) >= 11 is 5.92. The van der Waals surface area contributed by atoms with Gasteiger partial charge in [-0.25, -0.2) is 8.42 Å². The second-order valence-corrected chi connectivity index (χ2v) is 9.63. The predicted molar refractivity (Wildman–Crippen MR) is 126 cm³/mol. The second-order valence-electron chi connectivity index (χ2n) is 7.29. The van der Waals surface area contributed by atoms with Crippen LogP contribution in [0.3, 0.4) is 0 Å². The van der Waals surface area contributed by atoms with E-state index < -0.39 is 10.0 Å². The molecule has 1 atom stereocenters. The number of anilines is 1. The number of amides is 1. The minimum absolute atomic E-state index is 0.0919. The van der Waals surface area contributed by atoms with Gasteiger partial charge in [0.25, 0.3) is 5.91 Å². The molecule has 0 aromatic heterocycles. The monoisotopic (exact) mass is 456 g/mol. The smallest absolute Gasteiger partial charge is 0.251 e. The average Bonchev–Trinajstić information content (AvgIpc) is 2.77. The van der Waals surface area contributed by atoms with E-state index in [2.05, 4.69) is 5.32 Å². The number of sulfonamides is 1. The maximum absolute atomic E-state index is 12.7. The molecule has 162 valence electrons. The van der Waals surface area contributed by atoms with Gasteiger partial charge in [0.1, 0.15) is 0 Å². The third-order valence-electron chi connectivity index (χ3n) is 4.97. The number of nitrogens with one attached hydrogen (secondary N) is 1. The molecule has 1 amide bonds. The zero-order chi connectivity index (χ0) is 22.4. The van der Waals surface area contributed by atoms with Gasteiger partial charge in [0.15, 0.2) is 0 Å². The Labute approximate surface area is 188 Å². The molecule has 0 bridgehead atoms. The topological polar surface area (TPSA) is 66.5 Å². The lowest BCUT2D eigenvalue weighted by atomic mass is 10.0. The van der Waals surface area contributed by atoms with E-state index in [0.29, 0.717) is 16.3 Å². The van der Waals surface area contributed by atoms with Crippen LogP contribution < -0.4 is 9.62 Å². The molecule has 0 aliphatic rings. The molecule has 3 aromatic rings. The van der Waals surface area contributed by atoms with Gasteiger partial charge in [0, 0.05) is 10.6 Å². The van der Waals surface area contributed by atoms with Crippen molar-refractivity contribution in [2.24, 2.45) is 0 Å². The molecule has 0 fully saturated rings. The summed E-state index contributed by atoms with van der Waals surface area (Å²) in [7, 11) is -3.52. The fourth-order valence-corrected chi connectivity index (χ4v) is 4.30. The van der Waals surface area contributed by atoms with Crippen molar-refractivity contribution in [3.63, 3.8) is 0 Å². The summed E-state index contributed by atoms with van der Waals surface area (Å²) in [6, 6.07) is 23.3. The van der Waals surface area contributed by atoms with Crippen LogP contribution in [0.4, 0.5) is 5.69 Å². The van der Waals surface area contributed by atoms with Crippen LogP contribution in [-0.4, -0.2) is 20.6 Å². The largest absolute Gasteiger partial charge is 0.345 e. The number of nitrogens with zero attached hydrogens (tertiary/aromatic N) is 1. The van der Waals surface area contributed by atoms with Crippen molar-refractivity contribution < 1.29 is 13.2 Å². The predicted octanol–water partition coefficient (Wildman–Crippen LogP) is 5.19. The number of hydrogen-bond acceptors (Lipinski definition) is 3. The van der Waals surface area contributed by atoms with Gasteiger partial charge in [-0.1, -0.05) is 61.0 Å². The number of carbonyl (C=O) groups is 1. The van der Waals surface area contributed by atoms with Crippen LogP contribution in [0, 0.1) is 0 Å². The van der Waals surface area contributed by atoms with Crippen LogP contribution in [-0.2, 0) is 16.6 Å². The van der Waals surface area contributed by atoms with Crippen LogP contribution >= 0.6 is 11.6 Å². The second kappa shape index (κ2) is 9.98. The molecule has 1 unspecified atom stereocenters. The molecule has 0 heterocycles. The number of carbonyl (C=O) groups excluding carboxylic acids is 1. The number of halogens is 1. The van der Waals surface area contributed by atoms with Crippen molar-refractivity contribution in [3.8, 4) is 0 Å².